The Morgan fingerprint density at radius 2 is 1.95 bits per heavy atom. The van der Waals surface area contributed by atoms with Crippen molar-refractivity contribution in [2.24, 2.45) is 5.92 Å². The zero-order chi connectivity index (χ0) is 13.2. The van der Waals surface area contributed by atoms with E-state index in [4.69, 9.17) is 4.74 Å². The van der Waals surface area contributed by atoms with Crippen molar-refractivity contribution in [2.45, 2.75) is 25.5 Å². The highest BCUT2D eigenvalue weighted by Gasteiger charge is 2.29. The van der Waals surface area contributed by atoms with Crippen LogP contribution in [0.2, 0.25) is 0 Å². The molecule has 1 saturated heterocycles. The van der Waals surface area contributed by atoms with Crippen molar-refractivity contribution in [1.82, 2.24) is 5.32 Å². The molecule has 0 aromatic heterocycles. The summed E-state index contributed by atoms with van der Waals surface area (Å²) in [6, 6.07) is 15.7. The molecule has 0 aliphatic carbocycles. The topological polar surface area (TPSA) is 21.3 Å². The van der Waals surface area contributed by atoms with Crippen LogP contribution in [0.25, 0.3) is 10.8 Å². The molecule has 2 aromatic rings. The molecule has 0 bridgehead atoms. The minimum atomic E-state index is 0.384. The van der Waals surface area contributed by atoms with Crippen LogP contribution in [0.15, 0.2) is 42.5 Å². The van der Waals surface area contributed by atoms with Gasteiger partial charge in [-0.05, 0) is 42.8 Å². The minimum Gasteiger partial charge on any atom is -0.378 e. The Hall–Kier alpha value is -1.38. The van der Waals surface area contributed by atoms with E-state index in [1.807, 2.05) is 7.05 Å². The Kier molecular flexibility index (Phi) is 3.54. The number of fused-ring (bicyclic) bond motifs is 1. The van der Waals surface area contributed by atoms with Crippen LogP contribution in [0.4, 0.5) is 0 Å². The molecular formula is C17H21NO. The van der Waals surface area contributed by atoms with Gasteiger partial charge in [-0.3, -0.25) is 0 Å². The molecule has 3 rings (SSSR count). The van der Waals surface area contributed by atoms with E-state index in [0.717, 1.165) is 13.0 Å². The van der Waals surface area contributed by atoms with Gasteiger partial charge in [0.1, 0.15) is 0 Å². The Bertz CT molecular complexity index is 566. The number of hydrogen-bond acceptors (Lipinski definition) is 2. The van der Waals surface area contributed by atoms with Crippen molar-refractivity contribution in [3.8, 4) is 0 Å². The highest BCUT2D eigenvalue weighted by Crippen LogP contribution is 2.32. The van der Waals surface area contributed by atoms with E-state index in [2.05, 4.69) is 54.7 Å². The summed E-state index contributed by atoms with van der Waals surface area (Å²) < 4.78 is 5.72. The average molecular weight is 255 g/mol. The zero-order valence-corrected chi connectivity index (χ0v) is 11.6. The monoisotopic (exact) mass is 255 g/mol. The third-order valence-electron chi connectivity index (χ3n) is 4.14. The van der Waals surface area contributed by atoms with Crippen molar-refractivity contribution in [2.75, 3.05) is 13.7 Å². The summed E-state index contributed by atoms with van der Waals surface area (Å²) in [5.41, 5.74) is 1.36. The van der Waals surface area contributed by atoms with Crippen LogP contribution in [0.3, 0.4) is 0 Å². The predicted molar refractivity (Wildman–Crippen MR) is 79.3 cm³/mol. The molecule has 1 N–H and O–H groups in total. The molecule has 0 amide bonds. The molecule has 100 valence electrons. The molecule has 2 nitrogen and oxygen atoms in total. The van der Waals surface area contributed by atoms with E-state index in [0.29, 0.717) is 18.1 Å². The van der Waals surface area contributed by atoms with Crippen molar-refractivity contribution in [3.63, 3.8) is 0 Å². The molecular weight excluding hydrogens is 234 g/mol. The lowest BCUT2D eigenvalue weighted by Crippen LogP contribution is -2.25. The summed E-state index contributed by atoms with van der Waals surface area (Å²) in [5, 5.41) is 6.08. The van der Waals surface area contributed by atoms with Crippen LogP contribution in [-0.2, 0) is 4.74 Å². The summed E-state index contributed by atoms with van der Waals surface area (Å²) in [5.74, 6) is 0.571. The van der Waals surface area contributed by atoms with E-state index in [1.165, 1.54) is 16.3 Å². The summed E-state index contributed by atoms with van der Waals surface area (Å²) >= 11 is 0. The molecule has 1 aliphatic rings. The average Bonchev–Trinajstić information content (AvgIpc) is 2.86. The third-order valence-corrected chi connectivity index (χ3v) is 4.14. The van der Waals surface area contributed by atoms with Gasteiger partial charge in [-0.1, -0.05) is 36.4 Å². The van der Waals surface area contributed by atoms with Crippen molar-refractivity contribution in [1.29, 1.82) is 0 Å². The fourth-order valence-corrected chi connectivity index (χ4v) is 3.16. The lowest BCUT2D eigenvalue weighted by Gasteiger charge is -2.22. The third kappa shape index (κ3) is 2.51. The molecule has 0 radical (unpaired) electrons. The van der Waals surface area contributed by atoms with Crippen LogP contribution >= 0.6 is 0 Å². The number of benzene rings is 2. The molecule has 0 spiro atoms. The maximum absolute atomic E-state index is 5.72. The SMILES string of the molecule is CNC(c1ccc2ccccc2c1)C1COC(C)C1. The van der Waals surface area contributed by atoms with Gasteiger partial charge in [-0.2, -0.15) is 0 Å². The normalized spacial score (nSPS) is 24.7. The van der Waals surface area contributed by atoms with Crippen molar-refractivity contribution in [3.05, 3.63) is 48.0 Å². The van der Waals surface area contributed by atoms with Crippen LogP contribution in [0, 0.1) is 5.92 Å². The first-order valence-corrected chi connectivity index (χ1v) is 7.05. The van der Waals surface area contributed by atoms with Gasteiger partial charge in [-0.25, -0.2) is 0 Å². The maximum atomic E-state index is 5.72. The molecule has 0 saturated carbocycles. The van der Waals surface area contributed by atoms with Gasteiger partial charge in [0.2, 0.25) is 0 Å². The quantitative estimate of drug-likeness (QED) is 0.906. The van der Waals surface area contributed by atoms with Crippen molar-refractivity contribution < 1.29 is 4.74 Å². The second-order valence-electron chi connectivity index (χ2n) is 5.51. The highest BCUT2D eigenvalue weighted by atomic mass is 16.5. The van der Waals surface area contributed by atoms with Gasteiger partial charge in [0.25, 0.3) is 0 Å². The predicted octanol–water partition coefficient (Wildman–Crippen LogP) is 3.53. The summed E-state index contributed by atoms with van der Waals surface area (Å²) in [6.45, 7) is 3.02. The van der Waals surface area contributed by atoms with Crippen LogP contribution in [0.1, 0.15) is 24.9 Å². The molecule has 3 unspecified atom stereocenters. The lowest BCUT2D eigenvalue weighted by molar-refractivity contribution is 0.117. The van der Waals surface area contributed by atoms with E-state index >= 15 is 0 Å². The fraction of sp³-hybridized carbons (Fsp3) is 0.412. The van der Waals surface area contributed by atoms with E-state index < -0.39 is 0 Å². The first-order chi connectivity index (χ1) is 9.28. The Morgan fingerprint density at radius 3 is 2.63 bits per heavy atom. The fourth-order valence-electron chi connectivity index (χ4n) is 3.16. The number of nitrogens with one attached hydrogen (secondary N) is 1. The van der Waals surface area contributed by atoms with Crippen LogP contribution in [-0.4, -0.2) is 19.8 Å². The summed E-state index contributed by atoms with van der Waals surface area (Å²) in [4.78, 5) is 0. The standard InChI is InChI=1S/C17H21NO/c1-12-9-16(11-19-12)17(18-2)15-8-7-13-5-3-4-6-14(13)10-15/h3-8,10,12,16-18H,9,11H2,1-2H3. The van der Waals surface area contributed by atoms with Crippen molar-refractivity contribution >= 4 is 10.8 Å². The van der Waals surface area contributed by atoms with Gasteiger partial charge in [0.05, 0.1) is 12.7 Å². The lowest BCUT2D eigenvalue weighted by atomic mass is 9.90. The number of rotatable bonds is 3. The van der Waals surface area contributed by atoms with Crippen LogP contribution in [0.5, 0.6) is 0 Å². The smallest absolute Gasteiger partial charge is 0.0551 e. The van der Waals surface area contributed by atoms with E-state index in [-0.39, 0.29) is 0 Å². The Morgan fingerprint density at radius 1 is 1.16 bits per heavy atom. The highest BCUT2D eigenvalue weighted by molar-refractivity contribution is 5.83. The Labute approximate surface area is 114 Å². The summed E-state index contributed by atoms with van der Waals surface area (Å²) in [6.07, 6.45) is 1.53. The minimum absolute atomic E-state index is 0.384. The number of ether oxygens (including phenoxy) is 1. The largest absolute Gasteiger partial charge is 0.378 e. The van der Waals surface area contributed by atoms with Gasteiger partial charge in [-0.15, -0.1) is 0 Å². The molecule has 1 heterocycles. The molecule has 2 aromatic carbocycles. The number of hydrogen-bond donors (Lipinski definition) is 1. The molecule has 1 aliphatic heterocycles. The van der Waals surface area contributed by atoms with Gasteiger partial charge in [0, 0.05) is 12.0 Å². The molecule has 1 fully saturated rings. The summed E-state index contributed by atoms with van der Waals surface area (Å²) in [7, 11) is 2.04. The maximum Gasteiger partial charge on any atom is 0.0551 e. The van der Waals surface area contributed by atoms with Crippen LogP contribution < -0.4 is 5.32 Å². The second kappa shape index (κ2) is 5.32. The first-order valence-electron chi connectivity index (χ1n) is 7.05. The Balaban J connectivity index is 1.92. The van der Waals surface area contributed by atoms with Gasteiger partial charge < -0.3 is 10.1 Å². The van der Waals surface area contributed by atoms with Gasteiger partial charge in [0.15, 0.2) is 0 Å². The molecule has 3 atom stereocenters. The zero-order valence-electron chi connectivity index (χ0n) is 11.6. The molecule has 19 heavy (non-hydrogen) atoms. The second-order valence-corrected chi connectivity index (χ2v) is 5.51. The van der Waals surface area contributed by atoms with E-state index in [9.17, 15) is 0 Å². The van der Waals surface area contributed by atoms with Gasteiger partial charge >= 0.3 is 0 Å². The first kappa shape index (κ1) is 12.6. The van der Waals surface area contributed by atoms with E-state index in [1.54, 1.807) is 0 Å². The molecule has 2 heteroatoms.